The number of ether oxygens (including phenoxy) is 1. The van der Waals surface area contributed by atoms with Gasteiger partial charge in [-0.05, 0) is 12.8 Å². The Morgan fingerprint density at radius 2 is 2.12 bits per heavy atom. The monoisotopic (exact) mass is 246 g/mol. The second-order valence-electron chi connectivity index (χ2n) is 3.85. The topological polar surface area (TPSA) is 64.1 Å². The van der Waals surface area contributed by atoms with Gasteiger partial charge >= 0.3 is 5.69 Å². The molecule has 5 nitrogen and oxygen atoms in total. The number of hydrogen-bond donors (Lipinski definition) is 1. The molecule has 16 heavy (non-hydrogen) atoms. The predicted octanol–water partition coefficient (Wildman–Crippen LogP) is 0.781. The molecule has 1 aromatic heterocycles. The lowest BCUT2D eigenvalue weighted by molar-refractivity contribution is 0.150. The lowest BCUT2D eigenvalue weighted by atomic mass is 10.2. The molecule has 0 bridgehead atoms. The van der Waals surface area contributed by atoms with Crippen molar-refractivity contribution in [2.45, 2.75) is 20.4 Å². The van der Waals surface area contributed by atoms with Crippen LogP contribution in [0.2, 0.25) is 5.15 Å². The first-order chi connectivity index (χ1) is 7.47. The molecule has 1 aromatic rings. The molecule has 0 saturated heterocycles. The summed E-state index contributed by atoms with van der Waals surface area (Å²) < 4.78 is 6.10. The number of halogens is 1. The summed E-state index contributed by atoms with van der Waals surface area (Å²) in [6.07, 6.45) is 0. The first-order valence-electron chi connectivity index (χ1n) is 4.95. The largest absolute Gasteiger partial charge is 0.384 e. The van der Waals surface area contributed by atoms with Crippen LogP contribution in [0, 0.1) is 12.8 Å². The van der Waals surface area contributed by atoms with Crippen molar-refractivity contribution in [3.8, 4) is 0 Å². The fourth-order valence-corrected chi connectivity index (χ4v) is 1.62. The molecule has 0 saturated carbocycles. The molecule has 90 valence electrons. The third-order valence-electron chi connectivity index (χ3n) is 2.30. The van der Waals surface area contributed by atoms with Gasteiger partial charge in [-0.1, -0.05) is 18.5 Å². The van der Waals surface area contributed by atoms with E-state index in [4.69, 9.17) is 16.3 Å². The Morgan fingerprint density at radius 3 is 2.69 bits per heavy atom. The van der Waals surface area contributed by atoms with Crippen molar-refractivity contribution < 1.29 is 4.74 Å². The third kappa shape index (κ3) is 2.74. The van der Waals surface area contributed by atoms with Crippen LogP contribution in [0.15, 0.2) is 9.59 Å². The van der Waals surface area contributed by atoms with Crippen molar-refractivity contribution in [3.63, 3.8) is 0 Å². The molecule has 1 atom stereocenters. The normalized spacial score (nSPS) is 12.8. The van der Waals surface area contributed by atoms with Gasteiger partial charge in [-0.3, -0.25) is 14.3 Å². The second kappa shape index (κ2) is 5.32. The molecule has 1 heterocycles. The van der Waals surface area contributed by atoms with Crippen molar-refractivity contribution >= 4 is 11.6 Å². The van der Waals surface area contributed by atoms with E-state index < -0.39 is 5.69 Å². The number of nitrogens with one attached hydrogen (secondary N) is 1. The van der Waals surface area contributed by atoms with E-state index in [-0.39, 0.29) is 16.6 Å². The van der Waals surface area contributed by atoms with E-state index in [9.17, 15) is 9.59 Å². The van der Waals surface area contributed by atoms with E-state index in [2.05, 4.69) is 4.98 Å². The summed E-state index contributed by atoms with van der Waals surface area (Å²) in [6, 6.07) is 0. The molecule has 0 fully saturated rings. The van der Waals surface area contributed by atoms with Gasteiger partial charge in [-0.2, -0.15) is 0 Å². The maximum absolute atomic E-state index is 11.8. The summed E-state index contributed by atoms with van der Waals surface area (Å²) in [7, 11) is 1.58. The third-order valence-corrected chi connectivity index (χ3v) is 2.68. The van der Waals surface area contributed by atoms with Crippen LogP contribution in [0.1, 0.15) is 12.5 Å². The van der Waals surface area contributed by atoms with Gasteiger partial charge in [0.2, 0.25) is 0 Å². The van der Waals surface area contributed by atoms with Gasteiger partial charge in [0.15, 0.2) is 0 Å². The second-order valence-corrected chi connectivity index (χ2v) is 4.22. The molecule has 0 aliphatic rings. The van der Waals surface area contributed by atoms with Crippen LogP contribution in [0.4, 0.5) is 0 Å². The van der Waals surface area contributed by atoms with Crippen molar-refractivity contribution in [2.75, 3.05) is 13.7 Å². The Balaban J connectivity index is 3.10. The fraction of sp³-hybridized carbons (Fsp3) is 0.600. The average molecular weight is 247 g/mol. The number of nitrogens with zero attached hydrogens (tertiary/aromatic N) is 1. The molecule has 1 unspecified atom stereocenters. The van der Waals surface area contributed by atoms with Crippen LogP contribution in [-0.2, 0) is 11.3 Å². The molecular weight excluding hydrogens is 232 g/mol. The van der Waals surface area contributed by atoms with Gasteiger partial charge in [-0.25, -0.2) is 4.79 Å². The quantitative estimate of drug-likeness (QED) is 0.799. The minimum atomic E-state index is -0.483. The molecular formula is C10H15ClN2O3. The molecule has 1 rings (SSSR count). The minimum Gasteiger partial charge on any atom is -0.384 e. The van der Waals surface area contributed by atoms with E-state index in [1.165, 1.54) is 0 Å². The van der Waals surface area contributed by atoms with Crippen LogP contribution in [-0.4, -0.2) is 23.3 Å². The Kier molecular flexibility index (Phi) is 4.32. The standard InChI is InChI=1S/C10H15ClN2O3/c1-6(5-16-3)4-13-9(14)7(2)8(11)12-10(13)15/h6H,4-5H2,1-3H3,(H,12,15). The van der Waals surface area contributed by atoms with Crippen LogP contribution in [0.5, 0.6) is 0 Å². The smallest absolute Gasteiger partial charge is 0.329 e. The lowest BCUT2D eigenvalue weighted by Gasteiger charge is -2.12. The Morgan fingerprint density at radius 1 is 1.50 bits per heavy atom. The highest BCUT2D eigenvalue weighted by Gasteiger charge is 2.11. The Hall–Kier alpha value is -1.07. The Bertz CT molecular complexity index is 478. The maximum Gasteiger partial charge on any atom is 0.329 e. The predicted molar refractivity (Wildman–Crippen MR) is 62.1 cm³/mol. The average Bonchev–Trinajstić information content (AvgIpc) is 2.22. The molecule has 6 heteroatoms. The maximum atomic E-state index is 11.8. The molecule has 0 spiro atoms. The number of aromatic amines is 1. The van der Waals surface area contributed by atoms with Crippen LogP contribution in [0.3, 0.4) is 0 Å². The van der Waals surface area contributed by atoms with Crippen LogP contribution in [0.25, 0.3) is 0 Å². The minimum absolute atomic E-state index is 0.0874. The highest BCUT2D eigenvalue weighted by molar-refractivity contribution is 6.30. The van der Waals surface area contributed by atoms with Gasteiger partial charge in [-0.15, -0.1) is 0 Å². The summed E-state index contributed by atoms with van der Waals surface area (Å²) in [5.74, 6) is 0.0874. The lowest BCUT2D eigenvalue weighted by Crippen LogP contribution is -2.38. The number of aromatic nitrogens is 2. The number of H-pyrrole nitrogens is 1. The van der Waals surface area contributed by atoms with Crippen molar-refractivity contribution in [3.05, 3.63) is 31.6 Å². The molecule has 0 aliphatic carbocycles. The number of rotatable bonds is 4. The first kappa shape index (κ1) is 13.0. The number of hydrogen-bond acceptors (Lipinski definition) is 3. The summed E-state index contributed by atoms with van der Waals surface area (Å²) in [6.45, 7) is 4.30. The van der Waals surface area contributed by atoms with E-state index in [1.807, 2.05) is 6.92 Å². The summed E-state index contributed by atoms with van der Waals surface area (Å²) >= 11 is 5.70. The van der Waals surface area contributed by atoms with E-state index >= 15 is 0 Å². The molecule has 0 aromatic carbocycles. The zero-order valence-corrected chi connectivity index (χ0v) is 10.3. The van der Waals surface area contributed by atoms with Crippen LogP contribution < -0.4 is 11.2 Å². The molecule has 0 amide bonds. The van der Waals surface area contributed by atoms with E-state index in [0.29, 0.717) is 18.7 Å². The highest BCUT2D eigenvalue weighted by atomic mass is 35.5. The zero-order chi connectivity index (χ0) is 12.3. The Labute approximate surface area is 98.0 Å². The molecule has 0 aliphatic heterocycles. The summed E-state index contributed by atoms with van der Waals surface area (Å²) in [5, 5.41) is 0.102. The van der Waals surface area contributed by atoms with Crippen molar-refractivity contribution in [1.29, 1.82) is 0 Å². The first-order valence-corrected chi connectivity index (χ1v) is 5.33. The fourth-order valence-electron chi connectivity index (χ4n) is 1.46. The number of methoxy groups -OCH3 is 1. The van der Waals surface area contributed by atoms with Gasteiger partial charge < -0.3 is 4.74 Å². The SMILES string of the molecule is COCC(C)Cn1c(=O)[nH]c(Cl)c(C)c1=O. The van der Waals surface area contributed by atoms with Gasteiger partial charge in [0.05, 0.1) is 6.61 Å². The van der Waals surface area contributed by atoms with Gasteiger partial charge in [0.1, 0.15) is 5.15 Å². The van der Waals surface area contributed by atoms with Gasteiger partial charge in [0, 0.05) is 19.2 Å². The highest BCUT2D eigenvalue weighted by Crippen LogP contribution is 2.04. The van der Waals surface area contributed by atoms with Gasteiger partial charge in [0.25, 0.3) is 5.56 Å². The van der Waals surface area contributed by atoms with E-state index in [1.54, 1.807) is 14.0 Å². The summed E-state index contributed by atoms with van der Waals surface area (Å²) in [5.41, 5.74) is -0.480. The zero-order valence-electron chi connectivity index (χ0n) is 9.54. The van der Waals surface area contributed by atoms with Crippen molar-refractivity contribution in [2.24, 2.45) is 5.92 Å². The van der Waals surface area contributed by atoms with E-state index in [0.717, 1.165) is 4.57 Å². The van der Waals surface area contributed by atoms with Crippen molar-refractivity contribution in [1.82, 2.24) is 9.55 Å². The summed E-state index contributed by atoms with van der Waals surface area (Å²) in [4.78, 5) is 25.7. The molecule has 0 radical (unpaired) electrons. The van der Waals surface area contributed by atoms with Crippen LogP contribution >= 0.6 is 11.6 Å². The molecule has 1 N–H and O–H groups in total.